The number of rotatable bonds is 14. The first-order valence-corrected chi connectivity index (χ1v) is 23.3. The van der Waals surface area contributed by atoms with E-state index in [9.17, 15) is 9.90 Å². The van der Waals surface area contributed by atoms with Gasteiger partial charge in [0.2, 0.25) is 0 Å². The summed E-state index contributed by atoms with van der Waals surface area (Å²) in [5.41, 5.74) is 5.84. The van der Waals surface area contributed by atoms with E-state index in [1.54, 1.807) is 0 Å². The second kappa shape index (κ2) is 18.4. The summed E-state index contributed by atoms with van der Waals surface area (Å²) in [6.07, 6.45) is 5.94. The Morgan fingerprint density at radius 2 is 1.55 bits per heavy atom. The summed E-state index contributed by atoms with van der Waals surface area (Å²) in [5.74, 6) is -2.58. The van der Waals surface area contributed by atoms with Crippen molar-refractivity contribution in [2.24, 2.45) is 5.92 Å². The number of unbranched alkanes of at least 4 members (excludes halogenated alkanes) is 7. The normalized spacial score (nSPS) is 18.1. The monoisotopic (exact) mass is 876 g/mol. The number of hydrogen-bond donors (Lipinski definition) is 3. The topological polar surface area (TPSA) is 115 Å². The van der Waals surface area contributed by atoms with E-state index in [-0.39, 0.29) is 23.8 Å². The fourth-order valence-corrected chi connectivity index (χ4v) is 10.2. The smallest absolute Gasteiger partial charge is 0.431 e. The summed E-state index contributed by atoms with van der Waals surface area (Å²) in [6.45, 7) is 4.62. The zero-order chi connectivity index (χ0) is 45.3. The summed E-state index contributed by atoms with van der Waals surface area (Å²) in [7, 11) is 0. The summed E-state index contributed by atoms with van der Waals surface area (Å²) in [6, 6.07) is 36.1. The average molecular weight is 877 g/mol. The first-order valence-electron chi connectivity index (χ1n) is 23.3. The number of nitrogens with one attached hydrogen (secondary N) is 2. The lowest BCUT2D eigenvalue weighted by atomic mass is 9.87. The lowest BCUT2D eigenvalue weighted by Gasteiger charge is -2.17. The van der Waals surface area contributed by atoms with E-state index in [1.165, 1.54) is 37.5 Å². The third-order valence-corrected chi connectivity index (χ3v) is 13.8. The van der Waals surface area contributed by atoms with Crippen LogP contribution < -0.4 is 0 Å². The van der Waals surface area contributed by atoms with Gasteiger partial charge < -0.3 is 19.8 Å². The number of fused-ring (bicyclic) bond motifs is 6. The lowest BCUT2D eigenvalue weighted by molar-refractivity contribution is -0.146. The van der Waals surface area contributed by atoms with Crippen molar-refractivity contribution in [2.45, 2.75) is 115 Å². The predicted molar refractivity (Wildman–Crippen MR) is 254 cm³/mol. The summed E-state index contributed by atoms with van der Waals surface area (Å²) < 4.78 is 51.3. The van der Waals surface area contributed by atoms with Crippen LogP contribution in [0.3, 0.4) is 0 Å². The predicted octanol–water partition coefficient (Wildman–Crippen LogP) is 14.8. The molecule has 0 unspecified atom stereocenters. The van der Waals surface area contributed by atoms with Crippen molar-refractivity contribution in [3.05, 3.63) is 126 Å². The third kappa shape index (κ3) is 8.96. The Balaban J connectivity index is 0.000000320. The van der Waals surface area contributed by atoms with Gasteiger partial charge in [0.05, 0.1) is 40.1 Å². The number of nitrogens with zero attached hydrogens (tertiary/aromatic N) is 2. The molecular formula is C55H55F3N4O3. The first kappa shape index (κ1) is 44.0. The number of aromatic nitrogens is 3. The number of H-pyrrole nitrogens is 2. The minimum absolute atomic E-state index is 0.0737. The van der Waals surface area contributed by atoms with Gasteiger partial charge in [-0.3, -0.25) is 4.79 Å². The number of pyridine rings is 1. The first-order chi connectivity index (χ1) is 31.5. The highest BCUT2D eigenvalue weighted by Crippen LogP contribution is 2.51. The standard InChI is InChI=1S/C43H45F3N2O3.C12H10N2/c1-3-4-5-6-7-8-9-12-20-51-36-25-31(23-34(36)42(49)50)37-38-33(22-27-15-10-11-17-32(27)40(38)48-41(37)43(44,45)46)28-18-19-29-21-30-16-13-14-26(2)39(30)47-35(29)24-28;13-8-12(5-6-12)11-7-9-3-1-2-4-10(9)14-11/h10-11,13-19,21-22,24,31,34,36,48H,3-9,12,20,23,25H2,1-2H3,(H,49,50);1-4,7,14H,5-6H2/t31-,34-,36-;/m0./s1. The van der Waals surface area contributed by atoms with Crippen LogP contribution in [0.1, 0.15) is 112 Å². The number of alkyl halides is 3. The van der Waals surface area contributed by atoms with E-state index in [2.05, 4.69) is 41.2 Å². The number of halogens is 3. The maximum Gasteiger partial charge on any atom is 0.431 e. The van der Waals surface area contributed by atoms with Gasteiger partial charge in [-0.05, 0) is 108 Å². The van der Waals surface area contributed by atoms with Gasteiger partial charge in [0.25, 0.3) is 0 Å². The molecule has 2 aliphatic carbocycles. The zero-order valence-corrected chi connectivity index (χ0v) is 37.0. The van der Waals surface area contributed by atoms with Crippen LogP contribution >= 0.6 is 0 Å². The number of hydrogen-bond acceptors (Lipinski definition) is 4. The Hall–Kier alpha value is -6.18. The number of para-hydroxylation sites is 2. The Kier molecular flexibility index (Phi) is 12.4. The maximum atomic E-state index is 15.1. The zero-order valence-electron chi connectivity index (χ0n) is 37.0. The van der Waals surface area contributed by atoms with E-state index in [1.807, 2.05) is 91.9 Å². The van der Waals surface area contributed by atoms with Crippen LogP contribution in [-0.2, 0) is 21.1 Å². The highest BCUT2D eigenvalue weighted by Gasteiger charge is 2.47. The molecule has 10 rings (SSSR count). The fourth-order valence-electron chi connectivity index (χ4n) is 10.2. The van der Waals surface area contributed by atoms with Crippen LogP contribution in [0.2, 0.25) is 0 Å². The van der Waals surface area contributed by atoms with Gasteiger partial charge >= 0.3 is 12.1 Å². The second-order valence-electron chi connectivity index (χ2n) is 18.3. The van der Waals surface area contributed by atoms with E-state index in [0.29, 0.717) is 28.5 Å². The Morgan fingerprint density at radius 3 is 2.28 bits per heavy atom. The van der Waals surface area contributed by atoms with Crippen molar-refractivity contribution in [1.29, 1.82) is 5.26 Å². The number of aryl methyl sites for hydroxylation is 1. The van der Waals surface area contributed by atoms with Gasteiger partial charge in [0, 0.05) is 39.4 Å². The number of carboxylic acids is 1. The minimum Gasteiger partial charge on any atom is -0.481 e. The summed E-state index contributed by atoms with van der Waals surface area (Å²) in [5, 5.41) is 24.4. The van der Waals surface area contributed by atoms with Crippen LogP contribution in [-0.4, -0.2) is 38.7 Å². The largest absolute Gasteiger partial charge is 0.481 e. The second-order valence-corrected chi connectivity index (χ2v) is 18.3. The van der Waals surface area contributed by atoms with Crippen LogP contribution in [0.4, 0.5) is 13.2 Å². The molecule has 10 heteroatoms. The molecule has 2 fully saturated rings. The molecule has 0 aliphatic heterocycles. The number of carboxylic acid groups (broad SMARTS) is 1. The van der Waals surface area contributed by atoms with E-state index in [4.69, 9.17) is 15.0 Å². The van der Waals surface area contributed by atoms with E-state index in [0.717, 1.165) is 81.6 Å². The molecule has 0 radical (unpaired) electrons. The van der Waals surface area contributed by atoms with Crippen molar-refractivity contribution >= 4 is 60.4 Å². The van der Waals surface area contributed by atoms with Crippen LogP contribution in [0.15, 0.2) is 103 Å². The van der Waals surface area contributed by atoms with Crippen LogP contribution in [0, 0.1) is 24.2 Å². The van der Waals surface area contributed by atoms with Crippen molar-refractivity contribution < 1.29 is 27.8 Å². The average Bonchev–Trinajstić information content (AvgIpc) is 3.58. The van der Waals surface area contributed by atoms with Crippen LogP contribution in [0.5, 0.6) is 0 Å². The molecule has 65 heavy (non-hydrogen) atoms. The molecule has 8 aromatic rings. The lowest BCUT2D eigenvalue weighted by Crippen LogP contribution is -2.25. The molecule has 0 bridgehead atoms. The number of aromatic amines is 2. The van der Waals surface area contributed by atoms with Gasteiger partial charge in [-0.15, -0.1) is 0 Å². The Labute approximate surface area is 377 Å². The highest BCUT2D eigenvalue weighted by atomic mass is 19.4. The molecule has 3 heterocycles. The van der Waals surface area contributed by atoms with E-state index >= 15 is 13.2 Å². The number of aliphatic carboxylic acids is 1. The van der Waals surface area contributed by atoms with Gasteiger partial charge in [0.15, 0.2) is 0 Å². The molecule has 0 saturated heterocycles. The van der Waals surface area contributed by atoms with Crippen molar-refractivity contribution in [1.82, 2.24) is 15.0 Å². The molecule has 3 N–H and O–H groups in total. The maximum absolute atomic E-state index is 15.1. The SMILES string of the molecule is CCCCCCCCCCO[C@H]1C[C@@H](c2c(C(F)(F)F)[nH]c3c2c(-c2ccc4cc5cccc(C)c5nc4c2)cc2ccccc23)C[C@@H]1C(=O)O.N#CC1(c2cc3ccccc3[nH]2)CC1. The minimum atomic E-state index is -4.68. The molecule has 2 aliphatic rings. The van der Waals surface area contributed by atoms with Gasteiger partial charge in [0.1, 0.15) is 5.69 Å². The molecular weight excluding hydrogens is 822 g/mol. The van der Waals surface area contributed by atoms with Crippen LogP contribution in [0.25, 0.3) is 65.5 Å². The van der Waals surface area contributed by atoms with Crippen molar-refractivity contribution in [3.8, 4) is 17.2 Å². The molecule has 2 saturated carbocycles. The molecule has 3 aromatic heterocycles. The number of carbonyl (C=O) groups is 1. The van der Waals surface area contributed by atoms with E-state index < -0.39 is 35.8 Å². The van der Waals surface area contributed by atoms with Gasteiger partial charge in [-0.25, -0.2) is 4.98 Å². The third-order valence-electron chi connectivity index (χ3n) is 13.8. The summed E-state index contributed by atoms with van der Waals surface area (Å²) >= 11 is 0. The highest BCUT2D eigenvalue weighted by molar-refractivity contribution is 6.14. The molecule has 334 valence electrons. The molecule has 0 spiro atoms. The fraction of sp³-hybridized carbons (Fsp3) is 0.364. The van der Waals surface area contributed by atoms with Gasteiger partial charge in [-0.2, -0.15) is 18.4 Å². The van der Waals surface area contributed by atoms with Crippen molar-refractivity contribution in [3.63, 3.8) is 0 Å². The number of ether oxygens (including phenoxy) is 1. The van der Waals surface area contributed by atoms with Crippen molar-refractivity contribution in [2.75, 3.05) is 6.61 Å². The molecule has 3 atom stereocenters. The molecule has 7 nitrogen and oxygen atoms in total. The molecule has 0 amide bonds. The Bertz CT molecular complexity index is 3030. The number of nitriles is 1. The molecule has 5 aromatic carbocycles. The number of benzene rings is 5. The van der Waals surface area contributed by atoms with Gasteiger partial charge in [-0.1, -0.05) is 125 Å². The Morgan fingerprint density at radius 1 is 0.831 bits per heavy atom. The summed E-state index contributed by atoms with van der Waals surface area (Å²) in [4.78, 5) is 23.6. The quantitative estimate of drug-likeness (QED) is 0.0743.